The summed E-state index contributed by atoms with van der Waals surface area (Å²) in [7, 11) is 0. The second kappa shape index (κ2) is 7.06. The number of nitrogens with zero attached hydrogens (tertiary/aromatic N) is 2. The fourth-order valence-electron chi connectivity index (χ4n) is 4.70. The predicted octanol–water partition coefficient (Wildman–Crippen LogP) is 4.88. The largest absolute Gasteiger partial charge is 0.381 e. The number of hydrogen-bond acceptors (Lipinski definition) is 4. The van der Waals surface area contributed by atoms with Gasteiger partial charge in [0.15, 0.2) is 5.78 Å². The van der Waals surface area contributed by atoms with E-state index in [4.69, 9.17) is 4.98 Å². The van der Waals surface area contributed by atoms with Gasteiger partial charge in [-0.2, -0.15) is 0 Å². The van der Waals surface area contributed by atoms with Crippen LogP contribution in [0.2, 0.25) is 0 Å². The van der Waals surface area contributed by atoms with Crippen LogP contribution in [-0.2, 0) is 5.60 Å². The van der Waals surface area contributed by atoms with Gasteiger partial charge in [-0.05, 0) is 62.7 Å². The minimum Gasteiger partial charge on any atom is -0.381 e. The first-order valence-electron chi connectivity index (χ1n) is 10.7. The molecule has 0 aliphatic heterocycles. The maximum absolute atomic E-state index is 13.1. The third kappa shape index (κ3) is 2.88. The van der Waals surface area contributed by atoms with Gasteiger partial charge >= 0.3 is 0 Å². The van der Waals surface area contributed by atoms with E-state index in [-0.39, 0.29) is 5.78 Å². The van der Waals surface area contributed by atoms with Crippen LogP contribution in [0.15, 0.2) is 60.7 Å². The number of ketones is 1. The maximum atomic E-state index is 13.1. The van der Waals surface area contributed by atoms with Crippen molar-refractivity contribution in [3.63, 3.8) is 0 Å². The van der Waals surface area contributed by atoms with Crippen molar-refractivity contribution in [2.24, 2.45) is 0 Å². The molecule has 0 saturated carbocycles. The highest BCUT2D eigenvalue weighted by molar-refractivity contribution is 6.15. The Labute approximate surface area is 181 Å². The number of nitrogens with one attached hydrogen (secondary N) is 1. The zero-order valence-electron chi connectivity index (χ0n) is 17.9. The first-order chi connectivity index (χ1) is 15.0. The summed E-state index contributed by atoms with van der Waals surface area (Å²) in [6.45, 7) is 7.94. The molecule has 0 radical (unpaired) electrons. The van der Waals surface area contributed by atoms with E-state index in [9.17, 15) is 9.90 Å². The maximum Gasteiger partial charge on any atom is 0.193 e. The van der Waals surface area contributed by atoms with Crippen LogP contribution in [0, 0.1) is 0 Å². The van der Waals surface area contributed by atoms with E-state index in [0.29, 0.717) is 27.8 Å². The SMILES string of the molecule is CCN(CC)c1ccc(-c2nc3c4c(ccc3[nH]2)C(=O)c2ccccc2[C@@]4(C)O)cc1. The number of fused-ring (bicyclic) bond motifs is 4. The van der Waals surface area contributed by atoms with Gasteiger partial charge in [-0.3, -0.25) is 4.79 Å². The van der Waals surface area contributed by atoms with E-state index in [0.717, 1.165) is 30.0 Å². The molecule has 0 bridgehead atoms. The number of carbonyl (C=O) groups excluding carboxylic acids is 1. The van der Waals surface area contributed by atoms with Gasteiger partial charge in [0.05, 0.1) is 11.0 Å². The van der Waals surface area contributed by atoms with Crippen LogP contribution in [0.3, 0.4) is 0 Å². The van der Waals surface area contributed by atoms with Crippen molar-refractivity contribution in [2.75, 3.05) is 18.0 Å². The summed E-state index contributed by atoms with van der Waals surface area (Å²) in [4.78, 5) is 23.6. The lowest BCUT2D eigenvalue weighted by Gasteiger charge is -2.32. The van der Waals surface area contributed by atoms with E-state index >= 15 is 0 Å². The zero-order valence-corrected chi connectivity index (χ0v) is 17.9. The van der Waals surface area contributed by atoms with Crippen molar-refractivity contribution in [1.82, 2.24) is 9.97 Å². The number of H-pyrrole nitrogens is 1. The molecule has 5 nitrogen and oxygen atoms in total. The molecular formula is C26H25N3O2. The van der Waals surface area contributed by atoms with E-state index in [1.165, 1.54) is 5.69 Å². The van der Waals surface area contributed by atoms with Crippen LogP contribution < -0.4 is 4.90 Å². The predicted molar refractivity (Wildman–Crippen MR) is 124 cm³/mol. The van der Waals surface area contributed by atoms with Crippen LogP contribution in [-0.4, -0.2) is 33.9 Å². The Bertz CT molecular complexity index is 1300. The molecule has 31 heavy (non-hydrogen) atoms. The molecule has 0 unspecified atom stereocenters. The smallest absolute Gasteiger partial charge is 0.193 e. The minimum absolute atomic E-state index is 0.0767. The Morgan fingerprint density at radius 2 is 1.68 bits per heavy atom. The second-order valence-electron chi connectivity index (χ2n) is 8.14. The molecule has 1 atom stereocenters. The lowest BCUT2D eigenvalue weighted by Crippen LogP contribution is -2.33. The van der Waals surface area contributed by atoms with Crippen molar-refractivity contribution in [1.29, 1.82) is 0 Å². The first kappa shape index (κ1) is 19.5. The molecule has 156 valence electrons. The van der Waals surface area contributed by atoms with E-state index in [2.05, 4.69) is 48.0 Å². The Balaban J connectivity index is 1.64. The van der Waals surface area contributed by atoms with Gasteiger partial charge in [-0.25, -0.2) is 4.98 Å². The zero-order chi connectivity index (χ0) is 21.8. The highest BCUT2D eigenvalue weighted by Gasteiger charge is 2.40. The number of aromatic amines is 1. The first-order valence-corrected chi connectivity index (χ1v) is 10.7. The average molecular weight is 412 g/mol. The average Bonchev–Trinajstić information content (AvgIpc) is 3.23. The van der Waals surface area contributed by atoms with Crippen molar-refractivity contribution >= 4 is 22.5 Å². The molecule has 3 aromatic carbocycles. The summed E-state index contributed by atoms with van der Waals surface area (Å²) in [5.41, 5.74) is 4.49. The topological polar surface area (TPSA) is 69.2 Å². The van der Waals surface area contributed by atoms with Gasteiger partial charge < -0.3 is 15.0 Å². The Morgan fingerprint density at radius 1 is 0.968 bits per heavy atom. The summed E-state index contributed by atoms with van der Waals surface area (Å²) in [5.74, 6) is 0.642. The van der Waals surface area contributed by atoms with Gasteiger partial charge in [0.25, 0.3) is 0 Å². The molecular weight excluding hydrogens is 386 g/mol. The van der Waals surface area contributed by atoms with Crippen LogP contribution in [0.25, 0.3) is 22.4 Å². The molecule has 2 N–H and O–H groups in total. The fourth-order valence-corrected chi connectivity index (χ4v) is 4.70. The summed E-state index contributed by atoms with van der Waals surface area (Å²) in [6, 6.07) is 19.2. The number of aromatic nitrogens is 2. The van der Waals surface area contributed by atoms with E-state index < -0.39 is 5.60 Å². The number of carbonyl (C=O) groups is 1. The minimum atomic E-state index is -1.31. The number of hydrogen-bond donors (Lipinski definition) is 2. The molecule has 0 saturated heterocycles. The normalized spacial score (nSPS) is 17.5. The van der Waals surface area contributed by atoms with Crippen LogP contribution in [0.5, 0.6) is 0 Å². The van der Waals surface area contributed by atoms with E-state index in [1.807, 2.05) is 24.3 Å². The molecule has 0 fully saturated rings. The van der Waals surface area contributed by atoms with Gasteiger partial charge in [-0.15, -0.1) is 0 Å². The number of anilines is 1. The Hall–Kier alpha value is -3.44. The van der Waals surface area contributed by atoms with Crippen molar-refractivity contribution in [3.8, 4) is 11.4 Å². The summed E-state index contributed by atoms with van der Waals surface area (Å²) < 4.78 is 0. The Morgan fingerprint density at radius 3 is 2.39 bits per heavy atom. The van der Waals surface area contributed by atoms with Gasteiger partial charge in [0, 0.05) is 41.0 Å². The molecule has 0 spiro atoms. The molecule has 5 rings (SSSR count). The van der Waals surface area contributed by atoms with Crippen molar-refractivity contribution in [3.05, 3.63) is 82.9 Å². The highest BCUT2D eigenvalue weighted by atomic mass is 16.3. The lowest BCUT2D eigenvalue weighted by molar-refractivity contribution is 0.0871. The van der Waals surface area contributed by atoms with Gasteiger partial charge in [0.1, 0.15) is 11.4 Å². The standard InChI is InChI=1S/C26H25N3O2/c1-4-29(5-2)17-12-10-16(11-13-17)25-27-21-15-14-19-22(23(21)28-25)26(3,31)20-9-7-6-8-18(20)24(19)30/h6-15,31H,4-5H2,1-3H3,(H,27,28)/t26-/m1/s1. The summed E-state index contributed by atoms with van der Waals surface area (Å²) in [5, 5.41) is 11.5. The van der Waals surface area contributed by atoms with Gasteiger partial charge in [0.2, 0.25) is 0 Å². The van der Waals surface area contributed by atoms with Crippen LogP contribution >= 0.6 is 0 Å². The quantitative estimate of drug-likeness (QED) is 0.502. The Kier molecular flexibility index (Phi) is 4.45. The van der Waals surface area contributed by atoms with E-state index in [1.54, 1.807) is 19.1 Å². The molecule has 1 aliphatic carbocycles. The van der Waals surface area contributed by atoms with Crippen LogP contribution in [0.4, 0.5) is 5.69 Å². The number of benzene rings is 3. The molecule has 1 aliphatic rings. The summed E-state index contributed by atoms with van der Waals surface area (Å²) >= 11 is 0. The van der Waals surface area contributed by atoms with Gasteiger partial charge in [-0.1, -0.05) is 24.3 Å². The molecule has 5 heteroatoms. The third-order valence-corrected chi connectivity index (χ3v) is 6.35. The molecule has 1 aromatic heterocycles. The third-order valence-electron chi connectivity index (χ3n) is 6.35. The highest BCUT2D eigenvalue weighted by Crippen LogP contribution is 2.43. The fraction of sp³-hybridized carbons (Fsp3) is 0.231. The number of imidazole rings is 1. The summed E-state index contributed by atoms with van der Waals surface area (Å²) in [6.07, 6.45) is 0. The lowest BCUT2D eigenvalue weighted by atomic mass is 9.74. The van der Waals surface area contributed by atoms with Crippen molar-refractivity contribution < 1.29 is 9.90 Å². The van der Waals surface area contributed by atoms with Crippen LogP contribution in [0.1, 0.15) is 47.8 Å². The van der Waals surface area contributed by atoms with Crippen molar-refractivity contribution in [2.45, 2.75) is 26.4 Å². The number of rotatable bonds is 4. The number of aliphatic hydroxyl groups is 1. The molecule has 0 amide bonds. The monoisotopic (exact) mass is 411 g/mol. The molecule has 1 heterocycles. The molecule has 4 aromatic rings. The second-order valence-corrected chi connectivity index (χ2v) is 8.14.